The quantitative estimate of drug-likeness (QED) is 0.927. The van der Waals surface area contributed by atoms with E-state index in [-0.39, 0.29) is 17.7 Å². The number of carbonyl (C=O) groups excluding carboxylic acids is 2. The molecule has 2 aromatic heterocycles. The summed E-state index contributed by atoms with van der Waals surface area (Å²) in [4.78, 5) is 31.0. The zero-order chi connectivity index (χ0) is 17.8. The maximum absolute atomic E-state index is 12.7. The molecule has 6 nitrogen and oxygen atoms in total. The molecule has 2 aromatic rings. The van der Waals surface area contributed by atoms with Crippen LogP contribution in [0.25, 0.3) is 0 Å². The van der Waals surface area contributed by atoms with Crippen molar-refractivity contribution in [2.75, 3.05) is 13.1 Å². The van der Waals surface area contributed by atoms with Gasteiger partial charge in [0.15, 0.2) is 0 Å². The minimum atomic E-state index is -0.178. The third-order valence-electron chi connectivity index (χ3n) is 4.54. The zero-order valence-corrected chi connectivity index (χ0v) is 14.6. The van der Waals surface area contributed by atoms with Gasteiger partial charge in [-0.2, -0.15) is 0 Å². The molecule has 1 N–H and O–H groups in total. The van der Waals surface area contributed by atoms with E-state index in [2.05, 4.69) is 10.3 Å². The average Bonchev–Trinajstić information content (AvgIpc) is 2.98. The Morgan fingerprint density at radius 1 is 1.40 bits per heavy atom. The van der Waals surface area contributed by atoms with E-state index in [1.807, 2.05) is 19.1 Å². The Balaban J connectivity index is 1.59. The number of rotatable bonds is 4. The number of aromatic nitrogens is 1. The van der Waals surface area contributed by atoms with E-state index >= 15 is 0 Å². The van der Waals surface area contributed by atoms with Crippen LogP contribution in [0.15, 0.2) is 35.0 Å². The molecule has 1 saturated heterocycles. The number of hydrogen-bond donors (Lipinski definition) is 1. The van der Waals surface area contributed by atoms with E-state index in [0.29, 0.717) is 31.0 Å². The zero-order valence-electron chi connectivity index (χ0n) is 14.6. The lowest BCUT2D eigenvalue weighted by Crippen LogP contribution is -2.45. The minimum absolute atomic E-state index is 0.0125. The van der Waals surface area contributed by atoms with Gasteiger partial charge < -0.3 is 14.6 Å². The van der Waals surface area contributed by atoms with Crippen molar-refractivity contribution in [1.29, 1.82) is 0 Å². The molecule has 6 heteroatoms. The lowest BCUT2D eigenvalue weighted by Gasteiger charge is -2.32. The van der Waals surface area contributed by atoms with Crippen LogP contribution >= 0.6 is 0 Å². The molecule has 1 atom stereocenters. The third kappa shape index (κ3) is 4.07. The van der Waals surface area contributed by atoms with Gasteiger partial charge in [-0.25, -0.2) is 0 Å². The van der Waals surface area contributed by atoms with Gasteiger partial charge in [-0.3, -0.25) is 14.6 Å². The molecule has 132 valence electrons. The molecule has 1 aliphatic heterocycles. The number of amides is 2. The molecule has 0 radical (unpaired) electrons. The maximum atomic E-state index is 12.7. The largest absolute Gasteiger partial charge is 0.466 e. The lowest BCUT2D eigenvalue weighted by molar-refractivity contribution is -0.126. The first-order valence-corrected chi connectivity index (χ1v) is 8.57. The molecule has 1 aliphatic rings. The normalized spacial score (nSPS) is 17.4. The van der Waals surface area contributed by atoms with Crippen molar-refractivity contribution < 1.29 is 14.0 Å². The van der Waals surface area contributed by atoms with Gasteiger partial charge in [-0.05, 0) is 44.4 Å². The highest BCUT2D eigenvalue weighted by atomic mass is 16.3. The van der Waals surface area contributed by atoms with Crippen molar-refractivity contribution in [3.8, 4) is 0 Å². The minimum Gasteiger partial charge on any atom is -0.466 e. The van der Waals surface area contributed by atoms with E-state index in [1.165, 1.54) is 0 Å². The predicted octanol–water partition coefficient (Wildman–Crippen LogP) is 2.46. The summed E-state index contributed by atoms with van der Waals surface area (Å²) in [7, 11) is 0. The maximum Gasteiger partial charge on any atom is 0.257 e. The predicted molar refractivity (Wildman–Crippen MR) is 92.9 cm³/mol. The van der Waals surface area contributed by atoms with Crippen LogP contribution in [0.3, 0.4) is 0 Å². The smallest absolute Gasteiger partial charge is 0.257 e. The van der Waals surface area contributed by atoms with Gasteiger partial charge in [0, 0.05) is 32.0 Å². The Morgan fingerprint density at radius 2 is 2.24 bits per heavy atom. The number of piperidine rings is 1. The molecule has 3 rings (SSSR count). The first-order chi connectivity index (χ1) is 12.0. The molecule has 2 amide bonds. The molecule has 1 unspecified atom stereocenters. The van der Waals surface area contributed by atoms with Gasteiger partial charge in [0.25, 0.3) is 5.91 Å². The molecule has 0 spiro atoms. The second-order valence-electron chi connectivity index (χ2n) is 6.50. The van der Waals surface area contributed by atoms with Gasteiger partial charge in [0.2, 0.25) is 5.91 Å². The first-order valence-electron chi connectivity index (χ1n) is 8.57. The molecule has 1 fully saturated rings. The second kappa shape index (κ2) is 7.51. The summed E-state index contributed by atoms with van der Waals surface area (Å²) in [5.74, 6) is 1.11. The fraction of sp³-hybridized carbons (Fsp3) is 0.421. The number of aryl methyl sites for hydroxylation is 2. The van der Waals surface area contributed by atoms with Gasteiger partial charge in [-0.1, -0.05) is 6.07 Å². The number of furan rings is 1. The summed E-state index contributed by atoms with van der Waals surface area (Å²) in [6.07, 6.45) is 5.06. The molecule has 3 heterocycles. The Bertz CT molecular complexity index is 755. The highest BCUT2D eigenvalue weighted by Gasteiger charge is 2.30. The summed E-state index contributed by atoms with van der Waals surface area (Å²) in [6.45, 7) is 5.20. The van der Waals surface area contributed by atoms with E-state index in [4.69, 9.17) is 4.42 Å². The number of nitrogens with one attached hydrogen (secondary N) is 1. The van der Waals surface area contributed by atoms with Crippen molar-refractivity contribution >= 4 is 11.8 Å². The van der Waals surface area contributed by atoms with E-state index < -0.39 is 0 Å². The average molecular weight is 341 g/mol. The van der Waals surface area contributed by atoms with Crippen LogP contribution in [0.2, 0.25) is 0 Å². The third-order valence-corrected chi connectivity index (χ3v) is 4.54. The first kappa shape index (κ1) is 17.2. The topological polar surface area (TPSA) is 75.4 Å². The van der Waals surface area contributed by atoms with Gasteiger partial charge >= 0.3 is 0 Å². The molecule has 0 saturated carbocycles. The summed E-state index contributed by atoms with van der Waals surface area (Å²) in [5, 5.41) is 2.95. The van der Waals surface area contributed by atoms with Crippen molar-refractivity contribution in [2.24, 2.45) is 5.92 Å². The Morgan fingerprint density at radius 3 is 2.92 bits per heavy atom. The highest BCUT2D eigenvalue weighted by Crippen LogP contribution is 2.22. The van der Waals surface area contributed by atoms with Gasteiger partial charge in [0.1, 0.15) is 11.5 Å². The SMILES string of the molecule is Cc1cc(C(=O)N2CCCC(C(=O)NCc3cccnc3)C2)c(C)o1. The van der Waals surface area contributed by atoms with E-state index in [0.717, 1.165) is 24.2 Å². The van der Waals surface area contributed by atoms with Crippen LogP contribution in [-0.2, 0) is 11.3 Å². The van der Waals surface area contributed by atoms with Crippen molar-refractivity contribution in [2.45, 2.75) is 33.2 Å². The fourth-order valence-electron chi connectivity index (χ4n) is 3.23. The Labute approximate surface area is 147 Å². The van der Waals surface area contributed by atoms with Crippen molar-refractivity contribution in [1.82, 2.24) is 15.2 Å². The van der Waals surface area contributed by atoms with Crippen LogP contribution in [0, 0.1) is 19.8 Å². The van der Waals surface area contributed by atoms with E-state index in [9.17, 15) is 9.59 Å². The number of pyridine rings is 1. The Kier molecular flexibility index (Phi) is 5.16. The summed E-state index contributed by atoms with van der Waals surface area (Å²) in [5.41, 5.74) is 1.55. The highest BCUT2D eigenvalue weighted by molar-refractivity contribution is 5.95. The van der Waals surface area contributed by atoms with Gasteiger partial charge in [-0.15, -0.1) is 0 Å². The molecular weight excluding hydrogens is 318 g/mol. The van der Waals surface area contributed by atoms with E-state index in [1.54, 1.807) is 30.3 Å². The lowest BCUT2D eigenvalue weighted by atomic mass is 9.96. The molecule has 0 aliphatic carbocycles. The number of likely N-dealkylation sites (tertiary alicyclic amines) is 1. The second-order valence-corrected chi connectivity index (χ2v) is 6.50. The Hall–Kier alpha value is -2.63. The number of hydrogen-bond acceptors (Lipinski definition) is 4. The number of nitrogens with zero attached hydrogens (tertiary/aromatic N) is 2. The van der Waals surface area contributed by atoms with Crippen LogP contribution in [0.1, 0.15) is 40.3 Å². The van der Waals surface area contributed by atoms with Crippen LogP contribution in [0.4, 0.5) is 0 Å². The molecule has 0 aromatic carbocycles. The van der Waals surface area contributed by atoms with Gasteiger partial charge in [0.05, 0.1) is 11.5 Å². The standard InChI is InChI=1S/C19H23N3O3/c1-13-9-17(14(2)25-13)19(24)22-8-4-6-16(12-22)18(23)21-11-15-5-3-7-20-10-15/h3,5,7,9-10,16H,4,6,8,11-12H2,1-2H3,(H,21,23). The van der Waals surface area contributed by atoms with Crippen LogP contribution in [0.5, 0.6) is 0 Å². The van der Waals surface area contributed by atoms with Crippen LogP contribution < -0.4 is 5.32 Å². The number of carbonyl (C=O) groups is 2. The molecular formula is C19H23N3O3. The molecule has 25 heavy (non-hydrogen) atoms. The summed E-state index contributed by atoms with van der Waals surface area (Å²) < 4.78 is 5.46. The fourth-order valence-corrected chi connectivity index (χ4v) is 3.23. The molecule has 0 bridgehead atoms. The van der Waals surface area contributed by atoms with Crippen LogP contribution in [-0.4, -0.2) is 34.8 Å². The summed E-state index contributed by atoms with van der Waals surface area (Å²) >= 11 is 0. The summed E-state index contributed by atoms with van der Waals surface area (Å²) in [6, 6.07) is 5.54. The van der Waals surface area contributed by atoms with Crippen molar-refractivity contribution in [3.05, 3.63) is 53.2 Å². The van der Waals surface area contributed by atoms with Crippen molar-refractivity contribution in [3.63, 3.8) is 0 Å². The monoisotopic (exact) mass is 341 g/mol.